The lowest BCUT2D eigenvalue weighted by molar-refractivity contribution is -0.105. The largest absolute Gasteiger partial charge is 0.369 e. The minimum Gasteiger partial charge on any atom is -0.369 e. The van der Waals surface area contributed by atoms with Crippen molar-refractivity contribution >= 4 is 22.4 Å². The van der Waals surface area contributed by atoms with Crippen LogP contribution in [-0.4, -0.2) is 64.4 Å². The average molecular weight is 345 g/mol. The minimum atomic E-state index is -0.315. The van der Waals surface area contributed by atoms with Gasteiger partial charge in [-0.25, -0.2) is 0 Å². The Hall–Kier alpha value is -2.06. The molecule has 1 spiro atoms. The molecule has 1 atom stereocenters. The van der Waals surface area contributed by atoms with E-state index in [-0.39, 0.29) is 11.5 Å². The van der Waals surface area contributed by atoms with E-state index < -0.39 is 0 Å². The molecule has 0 aliphatic carbocycles. The predicted octanol–water partition coefficient (Wildman–Crippen LogP) is 1.44. The number of carbonyl (C=O) groups is 1. The maximum Gasteiger partial charge on any atom is 0.254 e. The molecule has 4 heterocycles. The van der Waals surface area contributed by atoms with Gasteiger partial charge in [0.25, 0.3) is 5.91 Å². The number of carbonyl (C=O) groups excluding carboxylic acids is 1. The van der Waals surface area contributed by atoms with Crippen molar-refractivity contribution in [1.29, 1.82) is 0 Å². The lowest BCUT2D eigenvalue weighted by Crippen LogP contribution is -2.60. The molecule has 2 fully saturated rings. The summed E-state index contributed by atoms with van der Waals surface area (Å²) >= 11 is 1.54. The van der Waals surface area contributed by atoms with E-state index in [2.05, 4.69) is 20.1 Å². The van der Waals surface area contributed by atoms with Gasteiger partial charge in [0, 0.05) is 31.0 Å². The zero-order chi connectivity index (χ0) is 16.4. The van der Waals surface area contributed by atoms with Crippen molar-refractivity contribution in [1.82, 2.24) is 20.1 Å². The van der Waals surface area contributed by atoms with Gasteiger partial charge in [0.05, 0.1) is 19.7 Å². The van der Waals surface area contributed by atoms with E-state index in [1.54, 1.807) is 41.4 Å². The number of pyridine rings is 1. The third kappa shape index (κ3) is 2.99. The van der Waals surface area contributed by atoms with Gasteiger partial charge >= 0.3 is 0 Å². The molecule has 1 amide bonds. The lowest BCUT2D eigenvalue weighted by atomic mass is 9.90. The second-order valence-corrected chi connectivity index (χ2v) is 7.05. The van der Waals surface area contributed by atoms with E-state index in [9.17, 15) is 4.79 Å². The number of ether oxygens (including phenoxy) is 1. The van der Waals surface area contributed by atoms with E-state index in [0.29, 0.717) is 25.3 Å². The highest BCUT2D eigenvalue weighted by atomic mass is 32.1. The summed E-state index contributed by atoms with van der Waals surface area (Å²) in [5.74, 6) is 0.0492. The molecule has 0 saturated carbocycles. The number of hydrogen-bond donors (Lipinski definition) is 0. The maximum absolute atomic E-state index is 12.7. The van der Waals surface area contributed by atoms with E-state index in [0.717, 1.165) is 31.1 Å². The first kappa shape index (κ1) is 15.5. The van der Waals surface area contributed by atoms with Crippen LogP contribution in [0.1, 0.15) is 23.2 Å². The van der Waals surface area contributed by atoms with Gasteiger partial charge in [-0.2, -0.15) is 0 Å². The van der Waals surface area contributed by atoms with Gasteiger partial charge in [0.2, 0.25) is 5.13 Å². The van der Waals surface area contributed by atoms with Gasteiger partial charge in [-0.1, -0.05) is 11.3 Å². The Morgan fingerprint density at radius 1 is 1.25 bits per heavy atom. The standard InChI is InChI=1S/C16H19N5O2S/c22-14(13-2-5-17-6-3-13)20-8-9-23-16(10-20)4-1-7-21(11-16)15-19-18-12-24-15/h2-3,5-6,12H,1,4,7-11H2/t16-/m1/s1. The SMILES string of the molecule is O=C(c1ccncc1)N1CCO[C@]2(CCCN(c3nncs3)C2)C1. The highest BCUT2D eigenvalue weighted by Crippen LogP contribution is 2.32. The molecule has 0 unspecified atom stereocenters. The number of nitrogens with zero attached hydrogens (tertiary/aromatic N) is 5. The van der Waals surface area contributed by atoms with Gasteiger partial charge in [-0.3, -0.25) is 9.78 Å². The molecule has 8 heteroatoms. The molecular formula is C16H19N5O2S. The van der Waals surface area contributed by atoms with Crippen molar-refractivity contribution in [3.8, 4) is 0 Å². The molecule has 7 nitrogen and oxygen atoms in total. The van der Waals surface area contributed by atoms with Crippen LogP contribution in [-0.2, 0) is 4.74 Å². The molecule has 4 rings (SSSR count). The quantitative estimate of drug-likeness (QED) is 0.820. The number of aromatic nitrogens is 3. The fourth-order valence-corrected chi connectivity index (χ4v) is 4.10. The second-order valence-electron chi connectivity index (χ2n) is 6.24. The van der Waals surface area contributed by atoms with Crippen LogP contribution in [0.2, 0.25) is 0 Å². The van der Waals surface area contributed by atoms with Crippen LogP contribution in [0, 0.1) is 0 Å². The Kier molecular flexibility index (Phi) is 4.15. The van der Waals surface area contributed by atoms with E-state index in [4.69, 9.17) is 4.74 Å². The Labute approximate surface area is 144 Å². The normalized spacial score (nSPS) is 24.3. The monoisotopic (exact) mass is 345 g/mol. The summed E-state index contributed by atoms with van der Waals surface area (Å²) in [6.45, 7) is 3.52. The fourth-order valence-electron chi connectivity index (χ4n) is 3.51. The summed E-state index contributed by atoms with van der Waals surface area (Å²) in [5, 5.41) is 9.03. The molecule has 0 aromatic carbocycles. The summed E-state index contributed by atoms with van der Waals surface area (Å²) in [4.78, 5) is 20.9. The Morgan fingerprint density at radius 3 is 2.92 bits per heavy atom. The fraction of sp³-hybridized carbons (Fsp3) is 0.500. The second kappa shape index (κ2) is 6.45. The van der Waals surface area contributed by atoms with Gasteiger partial charge in [0.1, 0.15) is 11.1 Å². The third-order valence-electron chi connectivity index (χ3n) is 4.62. The van der Waals surface area contributed by atoms with Crippen molar-refractivity contribution in [2.24, 2.45) is 0 Å². The number of rotatable bonds is 2. The molecule has 2 aromatic rings. The summed E-state index contributed by atoms with van der Waals surface area (Å²) < 4.78 is 6.16. The number of hydrogen-bond acceptors (Lipinski definition) is 7. The summed E-state index contributed by atoms with van der Waals surface area (Å²) in [6, 6.07) is 3.53. The maximum atomic E-state index is 12.7. The number of amides is 1. The first-order valence-electron chi connectivity index (χ1n) is 8.10. The van der Waals surface area contributed by atoms with Crippen LogP contribution < -0.4 is 4.90 Å². The topological polar surface area (TPSA) is 71.5 Å². The van der Waals surface area contributed by atoms with Gasteiger partial charge in [0.15, 0.2) is 0 Å². The van der Waals surface area contributed by atoms with E-state index >= 15 is 0 Å². The van der Waals surface area contributed by atoms with Crippen LogP contribution in [0.15, 0.2) is 30.0 Å². The van der Waals surface area contributed by atoms with Crippen LogP contribution >= 0.6 is 11.3 Å². The summed E-state index contributed by atoms with van der Waals surface area (Å²) in [7, 11) is 0. The first-order valence-corrected chi connectivity index (χ1v) is 8.98. The summed E-state index contributed by atoms with van der Waals surface area (Å²) in [6.07, 6.45) is 5.29. The number of piperidine rings is 1. The summed E-state index contributed by atoms with van der Waals surface area (Å²) in [5.41, 5.74) is 2.11. The zero-order valence-electron chi connectivity index (χ0n) is 13.3. The van der Waals surface area contributed by atoms with Crippen molar-refractivity contribution in [3.05, 3.63) is 35.6 Å². The van der Waals surface area contributed by atoms with E-state index in [1.807, 2.05) is 4.90 Å². The molecule has 24 heavy (non-hydrogen) atoms. The Balaban J connectivity index is 1.50. The van der Waals surface area contributed by atoms with Crippen molar-refractivity contribution in [3.63, 3.8) is 0 Å². The molecule has 2 aliphatic rings. The van der Waals surface area contributed by atoms with Crippen LogP contribution in [0.25, 0.3) is 0 Å². The molecule has 2 aliphatic heterocycles. The van der Waals surface area contributed by atoms with Crippen molar-refractivity contribution in [2.75, 3.05) is 37.7 Å². The number of anilines is 1. The van der Waals surface area contributed by atoms with Crippen LogP contribution in [0.5, 0.6) is 0 Å². The van der Waals surface area contributed by atoms with Crippen LogP contribution in [0.4, 0.5) is 5.13 Å². The van der Waals surface area contributed by atoms with Crippen molar-refractivity contribution in [2.45, 2.75) is 18.4 Å². The lowest BCUT2D eigenvalue weighted by Gasteiger charge is -2.47. The van der Waals surface area contributed by atoms with Crippen molar-refractivity contribution < 1.29 is 9.53 Å². The zero-order valence-corrected chi connectivity index (χ0v) is 14.1. The van der Waals surface area contributed by atoms with Gasteiger partial charge in [-0.05, 0) is 25.0 Å². The molecular weight excluding hydrogens is 326 g/mol. The Morgan fingerprint density at radius 2 is 2.12 bits per heavy atom. The highest BCUT2D eigenvalue weighted by molar-refractivity contribution is 7.13. The molecule has 2 saturated heterocycles. The average Bonchev–Trinajstić information content (AvgIpc) is 3.17. The smallest absolute Gasteiger partial charge is 0.254 e. The minimum absolute atomic E-state index is 0.0492. The molecule has 126 valence electrons. The van der Waals surface area contributed by atoms with E-state index in [1.165, 1.54) is 0 Å². The molecule has 2 aromatic heterocycles. The third-order valence-corrected chi connectivity index (χ3v) is 5.37. The molecule has 0 N–H and O–H groups in total. The molecule has 0 bridgehead atoms. The van der Waals surface area contributed by atoms with Crippen LogP contribution in [0.3, 0.4) is 0 Å². The Bertz CT molecular complexity index is 692. The predicted molar refractivity (Wildman–Crippen MR) is 90.2 cm³/mol. The molecule has 0 radical (unpaired) electrons. The van der Waals surface area contributed by atoms with Gasteiger partial charge in [-0.15, -0.1) is 10.2 Å². The van der Waals surface area contributed by atoms with Gasteiger partial charge < -0.3 is 14.5 Å². The highest BCUT2D eigenvalue weighted by Gasteiger charge is 2.42. The number of morpholine rings is 1. The first-order chi connectivity index (χ1) is 11.8.